The molecule has 0 bridgehead atoms. The molecule has 3 rings (SSSR count). The van der Waals surface area contributed by atoms with Gasteiger partial charge < -0.3 is 20.1 Å². The molecule has 1 aliphatic rings. The predicted octanol–water partition coefficient (Wildman–Crippen LogP) is 3.38. The fraction of sp³-hybridized carbons (Fsp3) is 0.368. The number of pyridine rings is 1. The molecule has 1 aromatic carbocycles. The first-order valence-electron chi connectivity index (χ1n) is 8.44. The molecule has 1 saturated heterocycles. The van der Waals surface area contributed by atoms with Crippen molar-refractivity contribution in [2.45, 2.75) is 18.9 Å². The second-order valence-electron chi connectivity index (χ2n) is 6.14. The predicted molar refractivity (Wildman–Crippen MR) is 95.7 cm³/mol. The number of anilines is 1. The van der Waals surface area contributed by atoms with Crippen LogP contribution in [0.3, 0.4) is 0 Å². The first kappa shape index (κ1) is 17.2. The van der Waals surface area contributed by atoms with Crippen LogP contribution in [0.2, 0.25) is 0 Å². The number of nitrogens with zero attached hydrogens (tertiary/aromatic N) is 1. The molecule has 1 aromatic heterocycles. The van der Waals surface area contributed by atoms with Crippen LogP contribution in [-0.4, -0.2) is 31.3 Å². The number of methoxy groups -OCH3 is 1. The first-order chi connectivity index (χ1) is 12.2. The highest BCUT2D eigenvalue weighted by atomic mass is 16.5. The molecule has 0 saturated carbocycles. The van der Waals surface area contributed by atoms with Crippen LogP contribution in [0, 0.1) is 5.92 Å². The van der Waals surface area contributed by atoms with Crippen LogP contribution in [-0.2, 0) is 4.74 Å². The summed E-state index contributed by atoms with van der Waals surface area (Å²) in [6.45, 7) is 1.56. The summed E-state index contributed by atoms with van der Waals surface area (Å²) in [7, 11) is 1.57. The summed E-state index contributed by atoms with van der Waals surface area (Å²) in [6, 6.07) is 11.4. The molecule has 2 heterocycles. The second-order valence-corrected chi connectivity index (χ2v) is 6.14. The van der Waals surface area contributed by atoms with E-state index in [1.807, 2.05) is 30.3 Å². The number of carbonyl (C=O) groups is 1. The minimum Gasteiger partial charge on any atom is -0.495 e. The molecular weight excluding hydrogens is 318 g/mol. The summed E-state index contributed by atoms with van der Waals surface area (Å²) in [5, 5.41) is 5.89. The van der Waals surface area contributed by atoms with Gasteiger partial charge in [-0.25, -0.2) is 4.79 Å². The Bertz CT molecular complexity index is 687. The number of urea groups is 1. The number of hydrogen-bond donors (Lipinski definition) is 2. The Morgan fingerprint density at radius 3 is 2.92 bits per heavy atom. The van der Waals surface area contributed by atoms with E-state index in [1.165, 1.54) is 0 Å². The van der Waals surface area contributed by atoms with E-state index in [9.17, 15) is 4.79 Å². The Balaban J connectivity index is 1.66. The van der Waals surface area contributed by atoms with Crippen molar-refractivity contribution in [2.24, 2.45) is 5.92 Å². The highest BCUT2D eigenvalue weighted by Gasteiger charge is 2.23. The number of nitrogens with one attached hydrogen (secondary N) is 2. The molecule has 132 valence electrons. The number of rotatable bonds is 6. The highest BCUT2D eigenvalue weighted by Crippen LogP contribution is 2.26. The van der Waals surface area contributed by atoms with Crippen LogP contribution in [0.5, 0.6) is 5.75 Å². The summed E-state index contributed by atoms with van der Waals surface area (Å²) in [6.07, 6.45) is 5.07. The third-order valence-electron chi connectivity index (χ3n) is 4.31. The minimum absolute atomic E-state index is 0.0635. The lowest BCUT2D eigenvalue weighted by atomic mass is 9.94. The van der Waals surface area contributed by atoms with Crippen LogP contribution >= 0.6 is 0 Å². The van der Waals surface area contributed by atoms with Gasteiger partial charge in [0.05, 0.1) is 31.2 Å². The maximum atomic E-state index is 12.4. The Hall–Kier alpha value is -2.60. The third kappa shape index (κ3) is 4.93. The van der Waals surface area contributed by atoms with Gasteiger partial charge in [0.15, 0.2) is 0 Å². The van der Waals surface area contributed by atoms with Crippen LogP contribution in [0.4, 0.5) is 10.5 Å². The zero-order valence-corrected chi connectivity index (χ0v) is 14.3. The van der Waals surface area contributed by atoms with Crippen molar-refractivity contribution in [1.29, 1.82) is 0 Å². The lowest BCUT2D eigenvalue weighted by Gasteiger charge is -2.22. The molecule has 2 aromatic rings. The van der Waals surface area contributed by atoms with Gasteiger partial charge >= 0.3 is 6.03 Å². The molecule has 2 atom stereocenters. The van der Waals surface area contributed by atoms with Crippen LogP contribution < -0.4 is 15.4 Å². The average Bonchev–Trinajstić information content (AvgIpc) is 3.15. The largest absolute Gasteiger partial charge is 0.495 e. The van der Waals surface area contributed by atoms with Crippen molar-refractivity contribution in [3.63, 3.8) is 0 Å². The van der Waals surface area contributed by atoms with Gasteiger partial charge in [-0.2, -0.15) is 0 Å². The number of aromatic nitrogens is 1. The lowest BCUT2D eigenvalue weighted by Crippen LogP contribution is -2.33. The van der Waals surface area contributed by atoms with E-state index < -0.39 is 0 Å². The van der Waals surface area contributed by atoms with E-state index in [0.717, 1.165) is 31.6 Å². The molecular formula is C19H23N3O3. The summed E-state index contributed by atoms with van der Waals surface area (Å²) < 4.78 is 10.6. The Kier molecular flexibility index (Phi) is 5.85. The van der Waals surface area contributed by atoms with E-state index in [1.54, 1.807) is 25.6 Å². The summed E-state index contributed by atoms with van der Waals surface area (Å²) in [4.78, 5) is 16.5. The van der Waals surface area contributed by atoms with Crippen molar-refractivity contribution in [2.75, 3.05) is 25.6 Å². The van der Waals surface area contributed by atoms with Crippen molar-refractivity contribution in [3.05, 3.63) is 54.4 Å². The highest BCUT2D eigenvalue weighted by molar-refractivity contribution is 5.89. The summed E-state index contributed by atoms with van der Waals surface area (Å²) >= 11 is 0. The summed E-state index contributed by atoms with van der Waals surface area (Å²) in [5.41, 5.74) is 1.68. The fourth-order valence-corrected chi connectivity index (χ4v) is 2.99. The normalized spacial score (nSPS) is 17.7. The zero-order chi connectivity index (χ0) is 17.5. The molecule has 25 heavy (non-hydrogen) atoms. The van der Waals surface area contributed by atoms with Gasteiger partial charge in [-0.1, -0.05) is 30.3 Å². The molecule has 6 heteroatoms. The molecule has 0 spiro atoms. The lowest BCUT2D eigenvalue weighted by molar-refractivity contribution is 0.181. The van der Waals surface area contributed by atoms with E-state index in [0.29, 0.717) is 17.4 Å². The monoisotopic (exact) mass is 341 g/mol. The van der Waals surface area contributed by atoms with E-state index in [2.05, 4.69) is 15.6 Å². The quantitative estimate of drug-likeness (QED) is 0.845. The summed E-state index contributed by atoms with van der Waals surface area (Å²) in [5.74, 6) is 1.06. The molecule has 2 N–H and O–H groups in total. The maximum Gasteiger partial charge on any atom is 0.319 e. The van der Waals surface area contributed by atoms with Crippen LogP contribution in [0.25, 0.3) is 0 Å². The third-order valence-corrected chi connectivity index (χ3v) is 4.31. The topological polar surface area (TPSA) is 72.5 Å². The van der Waals surface area contributed by atoms with Crippen molar-refractivity contribution < 1.29 is 14.3 Å². The fourth-order valence-electron chi connectivity index (χ4n) is 2.99. The minimum atomic E-state index is -0.261. The molecule has 0 radical (unpaired) electrons. The van der Waals surface area contributed by atoms with Crippen LogP contribution in [0.15, 0.2) is 48.8 Å². The molecule has 1 fully saturated rings. The number of amides is 2. The number of hydrogen-bond acceptors (Lipinski definition) is 4. The average molecular weight is 341 g/mol. The Morgan fingerprint density at radius 1 is 1.36 bits per heavy atom. The van der Waals surface area contributed by atoms with Gasteiger partial charge in [-0.15, -0.1) is 0 Å². The standard InChI is InChI=1S/C19H23N3O3/c1-24-17-10-16(11-20-12-17)21-19(23)22-18(9-14-7-8-25-13-14)15-5-3-2-4-6-15/h2-6,10-12,14,18H,7-9,13H2,1H3,(H2,21,22,23). The van der Waals surface area contributed by atoms with Gasteiger partial charge in [-0.05, 0) is 24.3 Å². The zero-order valence-electron chi connectivity index (χ0n) is 14.3. The molecule has 1 aliphatic heterocycles. The molecule has 2 amide bonds. The van der Waals surface area contributed by atoms with Gasteiger partial charge in [0, 0.05) is 19.3 Å². The van der Waals surface area contributed by atoms with E-state index in [-0.39, 0.29) is 12.1 Å². The number of carbonyl (C=O) groups excluding carboxylic acids is 1. The molecule has 6 nitrogen and oxygen atoms in total. The molecule has 2 unspecified atom stereocenters. The van der Waals surface area contributed by atoms with Gasteiger partial charge in [0.2, 0.25) is 0 Å². The van der Waals surface area contributed by atoms with Crippen molar-refractivity contribution >= 4 is 11.7 Å². The second kappa shape index (κ2) is 8.48. The maximum absolute atomic E-state index is 12.4. The Morgan fingerprint density at radius 2 is 2.20 bits per heavy atom. The van der Waals surface area contributed by atoms with Crippen LogP contribution in [0.1, 0.15) is 24.4 Å². The molecule has 0 aliphatic carbocycles. The Labute approximate surface area is 147 Å². The van der Waals surface area contributed by atoms with E-state index >= 15 is 0 Å². The van der Waals surface area contributed by atoms with Crippen molar-refractivity contribution in [1.82, 2.24) is 10.3 Å². The van der Waals surface area contributed by atoms with Gasteiger partial charge in [0.1, 0.15) is 5.75 Å². The SMILES string of the molecule is COc1cncc(NC(=O)NC(CC2CCOC2)c2ccccc2)c1. The van der Waals surface area contributed by atoms with E-state index in [4.69, 9.17) is 9.47 Å². The first-order valence-corrected chi connectivity index (χ1v) is 8.44. The number of benzene rings is 1. The van der Waals surface area contributed by atoms with Gasteiger partial charge in [-0.3, -0.25) is 4.98 Å². The number of ether oxygens (including phenoxy) is 2. The van der Waals surface area contributed by atoms with Crippen molar-refractivity contribution in [3.8, 4) is 5.75 Å². The van der Waals surface area contributed by atoms with Gasteiger partial charge in [0.25, 0.3) is 0 Å². The smallest absolute Gasteiger partial charge is 0.319 e.